The van der Waals surface area contributed by atoms with Gasteiger partial charge in [-0.3, -0.25) is 4.90 Å². The molecule has 27 heavy (non-hydrogen) atoms. The van der Waals surface area contributed by atoms with Crippen LogP contribution < -0.4 is 0 Å². The monoisotopic (exact) mass is 369 g/mol. The van der Waals surface area contributed by atoms with Crippen molar-refractivity contribution >= 4 is 16.9 Å². The molecule has 3 heterocycles. The first-order valence-corrected chi connectivity index (χ1v) is 8.85. The lowest BCUT2D eigenvalue weighted by Crippen LogP contribution is -2.21. The van der Waals surface area contributed by atoms with E-state index in [0.29, 0.717) is 19.6 Å². The van der Waals surface area contributed by atoms with Crippen molar-refractivity contribution in [3.8, 4) is 0 Å². The summed E-state index contributed by atoms with van der Waals surface area (Å²) in [4.78, 5) is 17.5. The van der Waals surface area contributed by atoms with Crippen molar-refractivity contribution in [2.24, 2.45) is 0 Å². The normalized spacial score (nSPS) is 17.6. The summed E-state index contributed by atoms with van der Waals surface area (Å²) in [5, 5.41) is 19.9. The van der Waals surface area contributed by atoms with Crippen molar-refractivity contribution in [3.05, 3.63) is 65.4 Å². The van der Waals surface area contributed by atoms with E-state index in [-0.39, 0.29) is 17.6 Å². The number of fused-ring (bicyclic) bond motifs is 1. The maximum absolute atomic E-state index is 13.2. The lowest BCUT2D eigenvalue weighted by atomic mass is 10.1. The average molecular weight is 369 g/mol. The van der Waals surface area contributed by atoms with Crippen LogP contribution in [0.4, 0.5) is 4.39 Å². The molecule has 1 aromatic carbocycles. The summed E-state index contributed by atoms with van der Waals surface area (Å²) in [6.07, 6.45) is 4.00. The highest BCUT2D eigenvalue weighted by molar-refractivity contribution is 5.92. The van der Waals surface area contributed by atoms with Gasteiger partial charge in [0.15, 0.2) is 0 Å². The van der Waals surface area contributed by atoms with Crippen LogP contribution in [0, 0.1) is 5.82 Å². The molecule has 0 amide bonds. The number of aliphatic hydroxyl groups excluding tert-OH is 1. The Morgan fingerprint density at radius 3 is 2.70 bits per heavy atom. The summed E-state index contributed by atoms with van der Waals surface area (Å²) >= 11 is 0. The van der Waals surface area contributed by atoms with Crippen LogP contribution in [0.25, 0.3) is 10.9 Å². The number of halogens is 1. The highest BCUT2D eigenvalue weighted by Gasteiger charge is 2.22. The Labute approximate surface area is 155 Å². The number of aromatic carboxylic acids is 1. The van der Waals surface area contributed by atoms with E-state index in [4.69, 9.17) is 0 Å². The molecule has 0 bridgehead atoms. The van der Waals surface area contributed by atoms with Gasteiger partial charge in [0.2, 0.25) is 0 Å². The maximum Gasteiger partial charge on any atom is 0.354 e. The first-order valence-electron chi connectivity index (χ1n) is 8.85. The summed E-state index contributed by atoms with van der Waals surface area (Å²) in [5.41, 5.74) is 2.77. The molecule has 4 rings (SSSR count). The van der Waals surface area contributed by atoms with E-state index in [9.17, 15) is 19.4 Å². The van der Waals surface area contributed by atoms with E-state index in [1.807, 2.05) is 10.8 Å². The summed E-state index contributed by atoms with van der Waals surface area (Å²) in [6, 6.07) is 7.91. The lowest BCUT2D eigenvalue weighted by molar-refractivity contribution is 0.0690. The van der Waals surface area contributed by atoms with E-state index in [1.54, 1.807) is 24.4 Å². The van der Waals surface area contributed by atoms with Crippen molar-refractivity contribution in [2.45, 2.75) is 25.6 Å². The molecule has 0 spiro atoms. The number of likely N-dealkylation sites (tertiary alicyclic amines) is 1. The highest BCUT2D eigenvalue weighted by Crippen LogP contribution is 2.25. The number of hydrogen-bond donors (Lipinski definition) is 2. The van der Waals surface area contributed by atoms with Crippen LogP contribution in [0.15, 0.2) is 42.7 Å². The standard InChI is InChI=1S/C20H20FN3O3/c21-15-3-1-13(2-4-15)9-24-11-14(10-23-6-5-16(25)12-23)17-7-18(20(26)27)22-8-19(17)24/h1-4,7-8,11,16,25H,5-6,9-10,12H2,(H,26,27). The first-order chi connectivity index (χ1) is 13.0. The van der Waals surface area contributed by atoms with Crippen molar-refractivity contribution in [1.29, 1.82) is 0 Å². The SMILES string of the molecule is O=C(O)c1cc2c(CN3CCC(O)C3)cn(Cc3ccc(F)cc3)c2cn1. The topological polar surface area (TPSA) is 78.6 Å². The van der Waals surface area contributed by atoms with Gasteiger partial charge in [-0.05, 0) is 35.7 Å². The minimum absolute atomic E-state index is 0.00439. The minimum Gasteiger partial charge on any atom is -0.477 e. The number of benzene rings is 1. The maximum atomic E-state index is 13.2. The Balaban J connectivity index is 1.72. The Bertz CT molecular complexity index is 984. The molecule has 2 N–H and O–H groups in total. The number of pyridine rings is 1. The molecule has 0 saturated carbocycles. The summed E-state index contributed by atoms with van der Waals surface area (Å²) in [6.45, 7) is 2.59. The number of carboxylic acid groups (broad SMARTS) is 1. The second kappa shape index (κ2) is 7.09. The van der Waals surface area contributed by atoms with Crippen LogP contribution in [-0.4, -0.2) is 49.8 Å². The van der Waals surface area contributed by atoms with E-state index < -0.39 is 5.97 Å². The lowest BCUT2D eigenvalue weighted by Gasteiger charge is -2.14. The molecule has 2 aromatic heterocycles. The predicted molar refractivity (Wildman–Crippen MR) is 98.1 cm³/mol. The molecule has 140 valence electrons. The van der Waals surface area contributed by atoms with Crippen LogP contribution in [0.3, 0.4) is 0 Å². The van der Waals surface area contributed by atoms with Gasteiger partial charge in [-0.15, -0.1) is 0 Å². The molecule has 0 aliphatic carbocycles. The van der Waals surface area contributed by atoms with Gasteiger partial charge in [-0.25, -0.2) is 14.2 Å². The number of aliphatic hydroxyl groups is 1. The summed E-state index contributed by atoms with van der Waals surface area (Å²) in [7, 11) is 0. The third kappa shape index (κ3) is 3.70. The number of carboxylic acids is 1. The molecule has 1 fully saturated rings. The fourth-order valence-electron chi connectivity index (χ4n) is 3.62. The van der Waals surface area contributed by atoms with E-state index in [2.05, 4.69) is 9.88 Å². The number of β-amino-alcohol motifs (C(OH)–C–C–N with tert-alkyl or cyclic N) is 1. The Kier molecular flexibility index (Phi) is 4.63. The number of hydrogen-bond acceptors (Lipinski definition) is 4. The second-order valence-electron chi connectivity index (χ2n) is 6.98. The van der Waals surface area contributed by atoms with Gasteiger partial charge >= 0.3 is 5.97 Å². The predicted octanol–water partition coefficient (Wildman–Crippen LogP) is 2.49. The molecule has 1 unspecified atom stereocenters. The zero-order chi connectivity index (χ0) is 19.0. The summed E-state index contributed by atoms with van der Waals surface area (Å²) < 4.78 is 15.2. The van der Waals surface area contributed by atoms with E-state index in [1.165, 1.54) is 12.1 Å². The van der Waals surface area contributed by atoms with Crippen LogP contribution in [-0.2, 0) is 13.1 Å². The average Bonchev–Trinajstić information content (AvgIpc) is 3.20. The molecule has 7 heteroatoms. The number of rotatable bonds is 5. The smallest absolute Gasteiger partial charge is 0.354 e. The van der Waals surface area contributed by atoms with Crippen molar-refractivity contribution < 1.29 is 19.4 Å². The van der Waals surface area contributed by atoms with Gasteiger partial charge < -0.3 is 14.8 Å². The highest BCUT2D eigenvalue weighted by atomic mass is 19.1. The Morgan fingerprint density at radius 2 is 2.04 bits per heavy atom. The molecule has 1 aliphatic rings. The van der Waals surface area contributed by atoms with Crippen LogP contribution in [0.5, 0.6) is 0 Å². The van der Waals surface area contributed by atoms with Gasteiger partial charge in [-0.1, -0.05) is 12.1 Å². The van der Waals surface area contributed by atoms with Crippen LogP contribution >= 0.6 is 0 Å². The van der Waals surface area contributed by atoms with Gasteiger partial charge in [-0.2, -0.15) is 0 Å². The zero-order valence-corrected chi connectivity index (χ0v) is 14.7. The van der Waals surface area contributed by atoms with E-state index in [0.717, 1.165) is 35.0 Å². The largest absolute Gasteiger partial charge is 0.477 e. The fourth-order valence-corrected chi connectivity index (χ4v) is 3.62. The second-order valence-corrected chi connectivity index (χ2v) is 6.98. The molecular formula is C20H20FN3O3. The van der Waals surface area contributed by atoms with Crippen molar-refractivity contribution in [2.75, 3.05) is 13.1 Å². The van der Waals surface area contributed by atoms with Gasteiger partial charge in [0, 0.05) is 37.8 Å². The number of nitrogens with zero attached hydrogens (tertiary/aromatic N) is 3. The van der Waals surface area contributed by atoms with Gasteiger partial charge in [0.1, 0.15) is 11.5 Å². The molecule has 1 aliphatic heterocycles. The molecule has 1 saturated heterocycles. The Morgan fingerprint density at radius 1 is 1.26 bits per heavy atom. The third-order valence-electron chi connectivity index (χ3n) is 4.98. The minimum atomic E-state index is -1.06. The van der Waals surface area contributed by atoms with Gasteiger partial charge in [0.25, 0.3) is 0 Å². The fraction of sp³-hybridized carbons (Fsp3) is 0.300. The van der Waals surface area contributed by atoms with Crippen LogP contribution in [0.2, 0.25) is 0 Å². The van der Waals surface area contributed by atoms with Crippen LogP contribution in [0.1, 0.15) is 28.0 Å². The molecule has 0 radical (unpaired) electrons. The van der Waals surface area contributed by atoms with Crippen molar-refractivity contribution in [1.82, 2.24) is 14.5 Å². The van der Waals surface area contributed by atoms with Gasteiger partial charge in [0.05, 0.1) is 17.8 Å². The van der Waals surface area contributed by atoms with Crippen molar-refractivity contribution in [3.63, 3.8) is 0 Å². The number of carbonyl (C=O) groups is 1. The molecule has 3 aromatic rings. The zero-order valence-electron chi connectivity index (χ0n) is 14.7. The third-order valence-corrected chi connectivity index (χ3v) is 4.98. The molecule has 1 atom stereocenters. The molecule has 6 nitrogen and oxygen atoms in total. The quantitative estimate of drug-likeness (QED) is 0.722. The molecular weight excluding hydrogens is 349 g/mol. The number of aromatic nitrogens is 2. The van der Waals surface area contributed by atoms with E-state index >= 15 is 0 Å². The Hall–Kier alpha value is -2.77. The first kappa shape index (κ1) is 17.6. The summed E-state index contributed by atoms with van der Waals surface area (Å²) in [5.74, 6) is -1.34.